The monoisotopic (exact) mass is 374 g/mol. The number of carbonyl (C=O) groups is 1. The first-order chi connectivity index (χ1) is 11.2. The van der Waals surface area contributed by atoms with Gasteiger partial charge in [0.25, 0.3) is 5.91 Å². The molecule has 0 unspecified atom stereocenters. The lowest BCUT2D eigenvalue weighted by atomic mass is 9.99. The number of hydrogen-bond acceptors (Lipinski definition) is 6. The van der Waals surface area contributed by atoms with Crippen LogP contribution in [0.4, 0.5) is 0 Å². The first-order valence-corrected chi connectivity index (χ1v) is 7.77. The van der Waals surface area contributed by atoms with Gasteiger partial charge in [-0.25, -0.2) is 0 Å². The summed E-state index contributed by atoms with van der Waals surface area (Å²) < 4.78 is 11.3. The van der Waals surface area contributed by atoms with E-state index in [1.165, 1.54) is 0 Å². The van der Waals surface area contributed by atoms with Gasteiger partial charge in [-0.1, -0.05) is 5.16 Å². The van der Waals surface area contributed by atoms with Crippen LogP contribution in [-0.2, 0) is 0 Å². The van der Waals surface area contributed by atoms with Crippen LogP contribution in [0.3, 0.4) is 0 Å². The molecule has 0 aliphatic carbocycles. The first kappa shape index (κ1) is 14.1. The standard InChI is InChI=1S/C15H11BrN4O3/c16-11-4-9(5-17-6-11)15(21)20-7-10(8-20)14-18-13(19-23-14)12-2-1-3-22-12/h1-6,10H,7-8H2. The van der Waals surface area contributed by atoms with Crippen LogP contribution in [0.1, 0.15) is 22.2 Å². The average molecular weight is 375 g/mol. The summed E-state index contributed by atoms with van der Waals surface area (Å²) in [4.78, 5) is 22.4. The number of carbonyl (C=O) groups excluding carboxylic acids is 1. The number of furan rings is 1. The Bertz CT molecular complexity index is 840. The van der Waals surface area contributed by atoms with E-state index >= 15 is 0 Å². The molecule has 3 aromatic heterocycles. The molecule has 0 radical (unpaired) electrons. The second-order valence-corrected chi connectivity index (χ2v) is 6.15. The molecule has 1 fully saturated rings. The van der Waals surface area contributed by atoms with Gasteiger partial charge in [0.15, 0.2) is 5.76 Å². The molecule has 0 spiro atoms. The van der Waals surface area contributed by atoms with E-state index in [-0.39, 0.29) is 11.8 Å². The number of amides is 1. The van der Waals surface area contributed by atoms with Crippen LogP contribution in [0.15, 0.2) is 50.3 Å². The molecular weight excluding hydrogens is 364 g/mol. The van der Waals surface area contributed by atoms with E-state index in [1.807, 2.05) is 0 Å². The molecule has 1 aliphatic heterocycles. The van der Waals surface area contributed by atoms with Crippen molar-refractivity contribution in [1.82, 2.24) is 20.0 Å². The van der Waals surface area contributed by atoms with Gasteiger partial charge in [0.05, 0.1) is 17.7 Å². The van der Waals surface area contributed by atoms with Crippen molar-refractivity contribution in [3.05, 3.63) is 52.8 Å². The topological polar surface area (TPSA) is 85.3 Å². The maximum atomic E-state index is 12.3. The summed E-state index contributed by atoms with van der Waals surface area (Å²) in [5.41, 5.74) is 0.555. The van der Waals surface area contributed by atoms with Gasteiger partial charge in [0, 0.05) is 30.0 Å². The van der Waals surface area contributed by atoms with Crippen molar-refractivity contribution in [2.75, 3.05) is 13.1 Å². The van der Waals surface area contributed by atoms with E-state index in [0.717, 1.165) is 4.47 Å². The normalized spacial score (nSPS) is 14.7. The maximum Gasteiger partial charge on any atom is 0.255 e. The minimum atomic E-state index is -0.0548. The molecule has 0 aromatic carbocycles. The zero-order chi connectivity index (χ0) is 15.8. The van der Waals surface area contributed by atoms with Gasteiger partial charge in [0.1, 0.15) is 0 Å². The Kier molecular flexibility index (Phi) is 3.45. The van der Waals surface area contributed by atoms with Crippen molar-refractivity contribution >= 4 is 21.8 Å². The lowest BCUT2D eigenvalue weighted by Gasteiger charge is -2.37. The summed E-state index contributed by atoms with van der Waals surface area (Å²) >= 11 is 3.31. The minimum Gasteiger partial charge on any atom is -0.461 e. The van der Waals surface area contributed by atoms with Crippen molar-refractivity contribution < 1.29 is 13.7 Å². The Balaban J connectivity index is 1.43. The highest BCUT2D eigenvalue weighted by atomic mass is 79.9. The molecule has 116 valence electrons. The molecule has 3 aromatic rings. The lowest BCUT2D eigenvalue weighted by molar-refractivity contribution is 0.0568. The predicted molar refractivity (Wildman–Crippen MR) is 82.6 cm³/mol. The highest BCUT2D eigenvalue weighted by Gasteiger charge is 2.36. The molecule has 1 saturated heterocycles. The third-order valence-corrected chi connectivity index (χ3v) is 4.09. The number of likely N-dealkylation sites (tertiary alicyclic amines) is 1. The van der Waals surface area contributed by atoms with Gasteiger partial charge in [-0.2, -0.15) is 4.98 Å². The van der Waals surface area contributed by atoms with Crippen molar-refractivity contribution in [3.8, 4) is 11.6 Å². The average Bonchev–Trinajstić information content (AvgIpc) is 3.16. The molecule has 7 nitrogen and oxygen atoms in total. The van der Waals surface area contributed by atoms with E-state index in [2.05, 4.69) is 31.1 Å². The van der Waals surface area contributed by atoms with Gasteiger partial charge < -0.3 is 13.8 Å². The van der Waals surface area contributed by atoms with Crippen LogP contribution >= 0.6 is 15.9 Å². The summed E-state index contributed by atoms with van der Waals surface area (Å²) in [7, 11) is 0. The number of hydrogen-bond donors (Lipinski definition) is 0. The summed E-state index contributed by atoms with van der Waals surface area (Å²) in [5.74, 6) is 1.50. The van der Waals surface area contributed by atoms with Crippen molar-refractivity contribution in [2.24, 2.45) is 0 Å². The van der Waals surface area contributed by atoms with Gasteiger partial charge in [-0.3, -0.25) is 9.78 Å². The van der Waals surface area contributed by atoms with Crippen molar-refractivity contribution in [3.63, 3.8) is 0 Å². The van der Waals surface area contributed by atoms with Gasteiger partial charge in [0.2, 0.25) is 11.7 Å². The molecule has 1 amide bonds. The van der Waals surface area contributed by atoms with E-state index in [9.17, 15) is 4.79 Å². The summed E-state index contributed by atoms with van der Waals surface area (Å²) in [5, 5.41) is 3.90. The quantitative estimate of drug-likeness (QED) is 0.700. The molecule has 8 heteroatoms. The highest BCUT2D eigenvalue weighted by Crippen LogP contribution is 2.29. The number of rotatable bonds is 3. The van der Waals surface area contributed by atoms with Crippen LogP contribution < -0.4 is 0 Å². The number of aromatic nitrogens is 3. The third-order valence-electron chi connectivity index (χ3n) is 3.65. The van der Waals surface area contributed by atoms with E-state index in [0.29, 0.717) is 36.1 Å². The SMILES string of the molecule is O=C(c1cncc(Br)c1)N1CC(c2nc(-c3ccco3)no2)C1. The van der Waals surface area contributed by atoms with Gasteiger partial charge in [-0.15, -0.1) is 0 Å². The van der Waals surface area contributed by atoms with Gasteiger partial charge >= 0.3 is 0 Å². The van der Waals surface area contributed by atoms with E-state index in [1.54, 1.807) is 41.8 Å². The molecule has 0 N–H and O–H groups in total. The van der Waals surface area contributed by atoms with Crippen molar-refractivity contribution in [1.29, 1.82) is 0 Å². The maximum absolute atomic E-state index is 12.3. The minimum absolute atomic E-state index is 0.0512. The zero-order valence-electron chi connectivity index (χ0n) is 11.8. The Morgan fingerprint density at radius 3 is 2.96 bits per heavy atom. The molecule has 23 heavy (non-hydrogen) atoms. The molecule has 4 heterocycles. The third kappa shape index (κ3) is 2.65. The van der Waals surface area contributed by atoms with Crippen LogP contribution in [0.5, 0.6) is 0 Å². The molecule has 0 bridgehead atoms. The second-order valence-electron chi connectivity index (χ2n) is 5.23. The number of halogens is 1. The van der Waals surface area contributed by atoms with Gasteiger partial charge in [-0.05, 0) is 34.1 Å². The Hall–Kier alpha value is -2.48. The van der Waals surface area contributed by atoms with E-state index in [4.69, 9.17) is 8.94 Å². The largest absolute Gasteiger partial charge is 0.461 e. The zero-order valence-corrected chi connectivity index (χ0v) is 13.4. The molecule has 1 aliphatic rings. The van der Waals surface area contributed by atoms with Crippen LogP contribution in [-0.4, -0.2) is 39.0 Å². The Morgan fingerprint density at radius 2 is 2.22 bits per heavy atom. The molecular formula is C15H11BrN4O3. The number of nitrogens with zero attached hydrogens (tertiary/aromatic N) is 4. The lowest BCUT2D eigenvalue weighted by Crippen LogP contribution is -2.48. The highest BCUT2D eigenvalue weighted by molar-refractivity contribution is 9.10. The fourth-order valence-electron chi connectivity index (χ4n) is 2.42. The van der Waals surface area contributed by atoms with E-state index < -0.39 is 0 Å². The fraction of sp³-hybridized carbons (Fsp3) is 0.200. The Labute approximate surface area is 139 Å². The predicted octanol–water partition coefficient (Wildman–Crippen LogP) is 2.73. The Morgan fingerprint density at radius 1 is 1.35 bits per heavy atom. The second kappa shape index (κ2) is 5.62. The first-order valence-electron chi connectivity index (χ1n) is 6.98. The summed E-state index contributed by atoms with van der Waals surface area (Å²) in [6, 6.07) is 5.29. The molecule has 4 rings (SSSR count). The van der Waals surface area contributed by atoms with Crippen LogP contribution in [0, 0.1) is 0 Å². The smallest absolute Gasteiger partial charge is 0.255 e. The van der Waals surface area contributed by atoms with Crippen molar-refractivity contribution in [2.45, 2.75) is 5.92 Å². The molecule has 0 saturated carbocycles. The molecule has 0 atom stereocenters. The van der Waals surface area contributed by atoms with Crippen LogP contribution in [0.25, 0.3) is 11.6 Å². The van der Waals surface area contributed by atoms with Crippen LogP contribution in [0.2, 0.25) is 0 Å². The fourth-order valence-corrected chi connectivity index (χ4v) is 2.78. The number of pyridine rings is 1. The summed E-state index contributed by atoms with van der Waals surface area (Å²) in [6.07, 6.45) is 4.76. The summed E-state index contributed by atoms with van der Waals surface area (Å²) in [6.45, 7) is 1.09.